The monoisotopic (exact) mass is 198 g/mol. The molecule has 0 rings (SSSR count). The highest BCUT2D eigenvalue weighted by atomic mass is 16.4. The maximum atomic E-state index is 10.5. The lowest BCUT2D eigenvalue weighted by Crippen LogP contribution is -1.99. The molecule has 2 heteroatoms. The number of aliphatic carboxylic acids is 1. The maximum absolute atomic E-state index is 10.5. The van der Waals surface area contributed by atoms with Gasteiger partial charge in [0.2, 0.25) is 0 Å². The van der Waals surface area contributed by atoms with E-state index in [9.17, 15) is 4.79 Å². The van der Waals surface area contributed by atoms with E-state index in [1.807, 2.05) is 6.08 Å². The number of carboxylic acids is 1. The first-order valence-electron chi connectivity index (χ1n) is 5.51. The van der Waals surface area contributed by atoms with Crippen LogP contribution in [0.4, 0.5) is 0 Å². The van der Waals surface area contributed by atoms with E-state index in [-0.39, 0.29) is 0 Å². The van der Waals surface area contributed by atoms with E-state index < -0.39 is 5.97 Å². The lowest BCUT2D eigenvalue weighted by Gasteiger charge is -2.11. The number of carboxylic acid groups (broad SMARTS) is 1. The van der Waals surface area contributed by atoms with Gasteiger partial charge < -0.3 is 5.11 Å². The van der Waals surface area contributed by atoms with Crippen LogP contribution in [0, 0.1) is 5.92 Å². The Hall–Kier alpha value is -0.790. The van der Waals surface area contributed by atoms with Gasteiger partial charge in [-0.1, -0.05) is 39.2 Å². The zero-order chi connectivity index (χ0) is 11.0. The average molecular weight is 198 g/mol. The van der Waals surface area contributed by atoms with Gasteiger partial charge in [-0.05, 0) is 25.7 Å². The third kappa shape index (κ3) is 5.79. The third-order valence-electron chi connectivity index (χ3n) is 2.64. The number of rotatable bonds is 7. The third-order valence-corrected chi connectivity index (χ3v) is 2.64. The van der Waals surface area contributed by atoms with E-state index in [2.05, 4.69) is 13.8 Å². The molecule has 0 aromatic heterocycles. The fourth-order valence-corrected chi connectivity index (χ4v) is 1.58. The zero-order valence-electron chi connectivity index (χ0n) is 9.55. The minimum Gasteiger partial charge on any atom is -0.478 e. The van der Waals surface area contributed by atoms with E-state index in [0.29, 0.717) is 5.57 Å². The first-order valence-corrected chi connectivity index (χ1v) is 5.51. The van der Waals surface area contributed by atoms with E-state index in [1.165, 1.54) is 19.3 Å². The van der Waals surface area contributed by atoms with Crippen LogP contribution in [0.5, 0.6) is 0 Å². The van der Waals surface area contributed by atoms with Crippen LogP contribution in [0.3, 0.4) is 0 Å². The molecule has 0 aliphatic heterocycles. The Labute approximate surface area is 87.0 Å². The van der Waals surface area contributed by atoms with Gasteiger partial charge in [-0.15, -0.1) is 0 Å². The first-order chi connectivity index (χ1) is 6.61. The highest BCUT2D eigenvalue weighted by Gasteiger charge is 2.04. The summed E-state index contributed by atoms with van der Waals surface area (Å²) in [5, 5.41) is 8.64. The molecule has 0 aliphatic carbocycles. The number of hydrogen-bond donors (Lipinski definition) is 1. The average Bonchev–Trinajstić information content (AvgIpc) is 2.16. The summed E-state index contributed by atoms with van der Waals surface area (Å²) in [5.41, 5.74) is 0.469. The normalized spacial score (nSPS) is 14.1. The van der Waals surface area contributed by atoms with E-state index in [1.54, 1.807) is 6.92 Å². The Balaban J connectivity index is 3.80. The van der Waals surface area contributed by atoms with Crippen LogP contribution >= 0.6 is 0 Å². The fourth-order valence-electron chi connectivity index (χ4n) is 1.58. The summed E-state index contributed by atoms with van der Waals surface area (Å²) in [5.74, 6) is -0.0358. The van der Waals surface area contributed by atoms with Crippen LogP contribution in [-0.2, 0) is 4.79 Å². The van der Waals surface area contributed by atoms with Gasteiger partial charge in [-0.3, -0.25) is 0 Å². The minimum absolute atomic E-state index is 0.469. The molecule has 0 bridgehead atoms. The standard InChI is InChI=1S/C12H22O2/c1-4-7-11(5-2)9-6-8-10(3)12(13)14/h8,11H,4-7,9H2,1-3H3,(H,13,14). The second kappa shape index (κ2) is 7.60. The molecule has 0 radical (unpaired) electrons. The van der Waals surface area contributed by atoms with Crippen molar-refractivity contribution < 1.29 is 9.90 Å². The van der Waals surface area contributed by atoms with Gasteiger partial charge in [-0.2, -0.15) is 0 Å². The van der Waals surface area contributed by atoms with Crippen LogP contribution in [-0.4, -0.2) is 11.1 Å². The van der Waals surface area contributed by atoms with Crippen LogP contribution in [0.15, 0.2) is 11.6 Å². The summed E-state index contributed by atoms with van der Waals surface area (Å²) in [6.45, 7) is 6.05. The molecule has 0 amide bonds. The quantitative estimate of drug-likeness (QED) is 0.634. The predicted molar refractivity (Wildman–Crippen MR) is 59.3 cm³/mol. The summed E-state index contributed by atoms with van der Waals surface area (Å²) >= 11 is 0. The largest absolute Gasteiger partial charge is 0.478 e. The van der Waals surface area contributed by atoms with Crippen LogP contribution in [0.1, 0.15) is 52.9 Å². The van der Waals surface area contributed by atoms with Crippen molar-refractivity contribution in [3.63, 3.8) is 0 Å². The van der Waals surface area contributed by atoms with Crippen LogP contribution in [0.25, 0.3) is 0 Å². The van der Waals surface area contributed by atoms with Crippen molar-refractivity contribution in [3.05, 3.63) is 11.6 Å². The van der Waals surface area contributed by atoms with Crippen molar-refractivity contribution in [1.82, 2.24) is 0 Å². The molecule has 0 aromatic carbocycles. The van der Waals surface area contributed by atoms with E-state index in [4.69, 9.17) is 5.11 Å². The molecule has 1 atom stereocenters. The first kappa shape index (κ1) is 13.2. The Morgan fingerprint density at radius 1 is 1.36 bits per heavy atom. The van der Waals surface area contributed by atoms with Crippen LogP contribution < -0.4 is 0 Å². The van der Waals surface area contributed by atoms with Gasteiger partial charge in [0.1, 0.15) is 0 Å². The molecule has 2 nitrogen and oxygen atoms in total. The fraction of sp³-hybridized carbons (Fsp3) is 0.750. The van der Waals surface area contributed by atoms with E-state index >= 15 is 0 Å². The molecule has 1 N–H and O–H groups in total. The van der Waals surface area contributed by atoms with Gasteiger partial charge in [-0.25, -0.2) is 4.79 Å². The van der Waals surface area contributed by atoms with Gasteiger partial charge in [0.15, 0.2) is 0 Å². The smallest absolute Gasteiger partial charge is 0.330 e. The lowest BCUT2D eigenvalue weighted by atomic mass is 9.95. The lowest BCUT2D eigenvalue weighted by molar-refractivity contribution is -0.132. The molecular weight excluding hydrogens is 176 g/mol. The molecule has 0 aromatic rings. The summed E-state index contributed by atoms with van der Waals surface area (Å²) in [6, 6.07) is 0. The molecule has 0 heterocycles. The molecule has 82 valence electrons. The number of hydrogen-bond acceptors (Lipinski definition) is 1. The molecule has 0 fully saturated rings. The van der Waals surface area contributed by atoms with Gasteiger partial charge in [0.05, 0.1) is 0 Å². The molecule has 0 spiro atoms. The summed E-state index contributed by atoms with van der Waals surface area (Å²) in [4.78, 5) is 10.5. The minimum atomic E-state index is -0.798. The second-order valence-electron chi connectivity index (χ2n) is 3.83. The predicted octanol–water partition coefficient (Wildman–Crippen LogP) is 3.62. The summed E-state index contributed by atoms with van der Waals surface area (Å²) in [6.07, 6.45) is 7.54. The van der Waals surface area contributed by atoms with Crippen molar-refractivity contribution in [2.75, 3.05) is 0 Å². The number of carbonyl (C=O) groups is 1. The van der Waals surface area contributed by atoms with Crippen LogP contribution in [0.2, 0.25) is 0 Å². The maximum Gasteiger partial charge on any atom is 0.330 e. The van der Waals surface area contributed by atoms with Gasteiger partial charge in [0, 0.05) is 5.57 Å². The topological polar surface area (TPSA) is 37.3 Å². The summed E-state index contributed by atoms with van der Waals surface area (Å²) in [7, 11) is 0. The molecule has 0 saturated carbocycles. The molecule has 0 saturated heterocycles. The SMILES string of the molecule is CCCC(CC)CCC=C(C)C(=O)O. The molecule has 14 heavy (non-hydrogen) atoms. The second-order valence-corrected chi connectivity index (χ2v) is 3.83. The van der Waals surface area contributed by atoms with Gasteiger partial charge in [0.25, 0.3) is 0 Å². The number of allylic oxidation sites excluding steroid dienone is 1. The van der Waals surface area contributed by atoms with Crippen molar-refractivity contribution in [2.45, 2.75) is 52.9 Å². The Kier molecular flexibility index (Phi) is 7.17. The highest BCUT2D eigenvalue weighted by Crippen LogP contribution is 2.17. The Morgan fingerprint density at radius 2 is 2.00 bits per heavy atom. The molecule has 1 unspecified atom stereocenters. The van der Waals surface area contributed by atoms with Gasteiger partial charge >= 0.3 is 5.97 Å². The Morgan fingerprint density at radius 3 is 2.43 bits per heavy atom. The summed E-state index contributed by atoms with van der Waals surface area (Å²) < 4.78 is 0. The Bertz CT molecular complexity index is 194. The molecule has 0 aliphatic rings. The highest BCUT2D eigenvalue weighted by molar-refractivity contribution is 5.85. The van der Waals surface area contributed by atoms with Crippen molar-refractivity contribution in [2.24, 2.45) is 5.92 Å². The van der Waals surface area contributed by atoms with Crippen molar-refractivity contribution >= 4 is 5.97 Å². The molecular formula is C12H22O2. The van der Waals surface area contributed by atoms with E-state index in [0.717, 1.165) is 18.8 Å². The van der Waals surface area contributed by atoms with Crippen molar-refractivity contribution in [1.29, 1.82) is 0 Å². The van der Waals surface area contributed by atoms with Crippen molar-refractivity contribution in [3.8, 4) is 0 Å². The zero-order valence-corrected chi connectivity index (χ0v) is 9.55.